The van der Waals surface area contributed by atoms with E-state index in [1.807, 2.05) is 20.8 Å². The van der Waals surface area contributed by atoms with Crippen molar-refractivity contribution in [1.29, 1.82) is 5.41 Å². The molecule has 0 fully saturated rings. The molecule has 2 aromatic carbocycles. The van der Waals surface area contributed by atoms with Gasteiger partial charge in [-0.1, -0.05) is 38.4 Å². The molecule has 0 saturated heterocycles. The highest BCUT2D eigenvalue weighted by molar-refractivity contribution is 7.86. The van der Waals surface area contributed by atoms with E-state index in [1.165, 1.54) is 48.5 Å². The molecule has 0 saturated carbocycles. The molecule has 12 nitrogen and oxygen atoms in total. The van der Waals surface area contributed by atoms with E-state index in [1.54, 1.807) is 0 Å². The van der Waals surface area contributed by atoms with Crippen molar-refractivity contribution in [3.8, 4) is 11.1 Å². The molecule has 1 atom stereocenters. The van der Waals surface area contributed by atoms with Crippen LogP contribution in [0.2, 0.25) is 5.15 Å². The minimum atomic E-state index is -4.25. The molecule has 14 heteroatoms. The molecule has 0 unspecified atom stereocenters. The first-order valence-electron chi connectivity index (χ1n) is 12.4. The molecule has 0 bridgehead atoms. The lowest BCUT2D eigenvalue weighted by Crippen LogP contribution is -2.46. The van der Waals surface area contributed by atoms with Crippen LogP contribution >= 0.6 is 11.6 Å². The number of benzene rings is 2. The Hall–Kier alpha value is -4.33. The van der Waals surface area contributed by atoms with Crippen LogP contribution in [0.5, 0.6) is 0 Å². The number of hydrogen-bond donors (Lipinski definition) is 5. The molecule has 3 rings (SSSR count). The number of amides is 2. The van der Waals surface area contributed by atoms with Gasteiger partial charge in [-0.25, -0.2) is 9.78 Å². The number of nitrogen functional groups attached to an aromatic ring is 1. The Morgan fingerprint density at radius 1 is 1.02 bits per heavy atom. The van der Waals surface area contributed by atoms with Crippen molar-refractivity contribution >= 4 is 51.0 Å². The molecule has 0 aliphatic heterocycles. The normalized spacial score (nSPS) is 12.2. The molecule has 222 valence electrons. The summed E-state index contributed by atoms with van der Waals surface area (Å²) in [6.45, 7) is 5.13. The van der Waals surface area contributed by atoms with Crippen LogP contribution < -0.4 is 16.4 Å². The van der Waals surface area contributed by atoms with Crippen LogP contribution in [-0.2, 0) is 14.3 Å². The smallest absolute Gasteiger partial charge is 0.354 e. The molecule has 42 heavy (non-hydrogen) atoms. The first-order chi connectivity index (χ1) is 19.5. The largest absolute Gasteiger partial charge is 0.394 e. The fourth-order valence-electron chi connectivity index (χ4n) is 3.80. The molecule has 0 aliphatic rings. The van der Waals surface area contributed by atoms with Crippen molar-refractivity contribution in [2.24, 2.45) is 11.1 Å². The van der Waals surface area contributed by atoms with Crippen LogP contribution in [0.25, 0.3) is 11.1 Å². The molecular weight excluding hydrogens is 586 g/mol. The van der Waals surface area contributed by atoms with E-state index in [9.17, 15) is 27.9 Å². The van der Waals surface area contributed by atoms with E-state index >= 15 is 0 Å². The minimum absolute atomic E-state index is 0.0274. The van der Waals surface area contributed by atoms with Gasteiger partial charge in [0.2, 0.25) is 0 Å². The number of nitrogens with zero attached hydrogens (tertiary/aromatic N) is 1. The van der Waals surface area contributed by atoms with Gasteiger partial charge in [0.1, 0.15) is 16.7 Å². The third-order valence-corrected chi connectivity index (χ3v) is 6.75. The Bertz CT molecular complexity index is 1650. The number of anilines is 1. The van der Waals surface area contributed by atoms with E-state index < -0.39 is 39.4 Å². The van der Waals surface area contributed by atoms with Crippen LogP contribution in [0, 0.1) is 10.8 Å². The Labute approximate surface area is 247 Å². The Morgan fingerprint density at radius 2 is 1.62 bits per heavy atom. The quantitative estimate of drug-likeness (QED) is 0.104. The predicted octanol–water partition coefficient (Wildman–Crippen LogP) is 3.19. The number of rotatable bonds is 9. The zero-order valence-corrected chi connectivity index (χ0v) is 24.8. The maximum Gasteiger partial charge on any atom is 0.354 e. The maximum absolute atomic E-state index is 13.3. The summed E-state index contributed by atoms with van der Waals surface area (Å²) in [6.07, 6.45) is 0.691. The second kappa shape index (κ2) is 12.7. The number of carbonyl (C=O) groups is 3. The van der Waals surface area contributed by atoms with Gasteiger partial charge in [-0.05, 0) is 59.5 Å². The lowest BCUT2D eigenvalue weighted by Gasteiger charge is -2.29. The van der Waals surface area contributed by atoms with E-state index in [0.29, 0.717) is 17.5 Å². The highest BCUT2D eigenvalue weighted by Gasteiger charge is 2.28. The number of aliphatic hydroxyl groups excluding tert-OH is 1. The van der Waals surface area contributed by atoms with Crippen molar-refractivity contribution in [3.63, 3.8) is 0 Å². The molecular formula is C28H30ClN5O7S. The summed E-state index contributed by atoms with van der Waals surface area (Å²) in [7, 11) is -4.25. The molecule has 2 amide bonds. The second-order valence-corrected chi connectivity index (χ2v) is 12.3. The first kappa shape index (κ1) is 32.2. The predicted molar refractivity (Wildman–Crippen MR) is 158 cm³/mol. The number of hydrogen-bond acceptors (Lipinski definition) is 9. The second-order valence-electron chi connectivity index (χ2n) is 10.4. The van der Waals surface area contributed by atoms with Gasteiger partial charge in [-0.3, -0.25) is 15.0 Å². The van der Waals surface area contributed by atoms with Crippen molar-refractivity contribution in [1.82, 2.24) is 10.3 Å². The summed E-state index contributed by atoms with van der Waals surface area (Å²) in [5.74, 6) is -2.80. The van der Waals surface area contributed by atoms with Gasteiger partial charge in [0, 0.05) is 22.4 Å². The molecule has 0 spiro atoms. The zero-order chi connectivity index (χ0) is 31.4. The fraction of sp³-hybridized carbons (Fsp3) is 0.250. The Morgan fingerprint density at radius 3 is 2.17 bits per heavy atom. The van der Waals surface area contributed by atoms with E-state index in [0.717, 1.165) is 6.07 Å². The highest BCUT2D eigenvalue weighted by atomic mass is 35.5. The van der Waals surface area contributed by atoms with Crippen LogP contribution in [0.3, 0.4) is 0 Å². The van der Waals surface area contributed by atoms with Gasteiger partial charge < -0.3 is 25.7 Å². The topological polar surface area (TPSA) is 202 Å². The maximum atomic E-state index is 13.3. The first-order valence-corrected chi connectivity index (χ1v) is 14.6. The average Bonchev–Trinajstić information content (AvgIpc) is 2.89. The van der Waals surface area contributed by atoms with Gasteiger partial charge in [-0.15, -0.1) is 0 Å². The number of halogens is 1. The number of carbonyl (C=O) groups excluding carboxylic acids is 3. The van der Waals surface area contributed by atoms with Crippen LogP contribution in [0.15, 0.2) is 54.6 Å². The van der Waals surface area contributed by atoms with Gasteiger partial charge >= 0.3 is 16.1 Å². The number of amidine groups is 1. The SMILES string of the molecule is CC(C)(C)[C@@H](CO)NC(=O)c1ccc(-c2ccc(Cl)nc2C(=O)Nc2ccc(C(=N)N)cc2)c(C(=O)OS(C)(=O)=O)c1. The lowest BCUT2D eigenvalue weighted by atomic mass is 9.87. The summed E-state index contributed by atoms with van der Waals surface area (Å²) in [6, 6.07) is 12.1. The molecule has 1 aromatic heterocycles. The van der Waals surface area contributed by atoms with Crippen molar-refractivity contribution in [2.75, 3.05) is 18.2 Å². The highest BCUT2D eigenvalue weighted by Crippen LogP contribution is 2.30. The van der Waals surface area contributed by atoms with Gasteiger partial charge in [0.15, 0.2) is 0 Å². The molecule has 0 radical (unpaired) electrons. The van der Waals surface area contributed by atoms with Crippen molar-refractivity contribution in [3.05, 3.63) is 82.1 Å². The summed E-state index contributed by atoms with van der Waals surface area (Å²) in [5.41, 5.74) is 5.32. The number of nitrogens with two attached hydrogens (primary N) is 1. The van der Waals surface area contributed by atoms with E-state index in [-0.39, 0.29) is 45.5 Å². The monoisotopic (exact) mass is 615 g/mol. The van der Waals surface area contributed by atoms with Crippen molar-refractivity contribution in [2.45, 2.75) is 26.8 Å². The molecule has 1 heterocycles. The fourth-order valence-corrected chi connectivity index (χ4v) is 4.31. The van der Waals surface area contributed by atoms with Gasteiger partial charge in [-0.2, -0.15) is 8.42 Å². The third-order valence-electron chi connectivity index (χ3n) is 6.08. The Kier molecular flexibility index (Phi) is 9.71. The average molecular weight is 616 g/mol. The summed E-state index contributed by atoms with van der Waals surface area (Å²) < 4.78 is 28.2. The lowest BCUT2D eigenvalue weighted by molar-refractivity contribution is 0.0748. The number of aliphatic hydroxyl groups is 1. The van der Waals surface area contributed by atoms with Crippen LogP contribution in [0.1, 0.15) is 57.5 Å². The Balaban J connectivity index is 2.10. The summed E-state index contributed by atoms with van der Waals surface area (Å²) >= 11 is 6.09. The summed E-state index contributed by atoms with van der Waals surface area (Å²) in [5, 5.41) is 22.6. The number of aromatic nitrogens is 1. The number of nitrogens with one attached hydrogen (secondary N) is 3. The van der Waals surface area contributed by atoms with Gasteiger partial charge in [0.25, 0.3) is 11.8 Å². The summed E-state index contributed by atoms with van der Waals surface area (Å²) in [4.78, 5) is 43.5. The molecule has 6 N–H and O–H groups in total. The molecule has 0 aliphatic carbocycles. The zero-order valence-electron chi connectivity index (χ0n) is 23.2. The van der Waals surface area contributed by atoms with Crippen LogP contribution in [0.4, 0.5) is 5.69 Å². The van der Waals surface area contributed by atoms with E-state index in [2.05, 4.69) is 19.8 Å². The van der Waals surface area contributed by atoms with Gasteiger partial charge in [0.05, 0.1) is 24.5 Å². The standard InChI is InChI=1S/C28H30ClN5O7S/c1-28(2,3)21(14-35)33-25(36)16-7-10-18(20(13-16)27(38)41-42(4,39)40)19-11-12-22(29)34-23(19)26(37)32-17-8-5-15(6-9-17)24(30)31/h5-13,21,35H,14H2,1-4H3,(H3,30,31)(H,32,37)(H,33,36)/t21-/m1/s1. The van der Waals surface area contributed by atoms with E-state index in [4.69, 9.17) is 22.7 Å². The third kappa shape index (κ3) is 8.12. The van der Waals surface area contributed by atoms with Crippen molar-refractivity contribution < 1.29 is 32.1 Å². The minimum Gasteiger partial charge on any atom is -0.394 e. The molecule has 3 aromatic rings. The number of pyridine rings is 1. The van der Waals surface area contributed by atoms with Crippen LogP contribution in [-0.4, -0.2) is 61.0 Å².